The van der Waals surface area contributed by atoms with Gasteiger partial charge in [-0.2, -0.15) is 0 Å². The molecule has 2 aromatic heterocycles. The minimum absolute atomic E-state index is 0.0496. The average molecular weight is 398 g/mol. The van der Waals surface area contributed by atoms with E-state index in [9.17, 15) is 4.79 Å². The Morgan fingerprint density at radius 3 is 2.85 bits per heavy atom. The Hall–Kier alpha value is -2.11. The van der Waals surface area contributed by atoms with E-state index >= 15 is 0 Å². The number of benzene rings is 1. The van der Waals surface area contributed by atoms with Gasteiger partial charge in [0.15, 0.2) is 0 Å². The van der Waals surface area contributed by atoms with Gasteiger partial charge in [-0.15, -0.1) is 22.7 Å². The number of nitrogens with zero attached hydrogens (tertiary/aromatic N) is 1. The summed E-state index contributed by atoms with van der Waals surface area (Å²) in [7, 11) is 0. The van der Waals surface area contributed by atoms with Crippen molar-refractivity contribution < 1.29 is 9.53 Å². The van der Waals surface area contributed by atoms with E-state index in [2.05, 4.69) is 41.9 Å². The fourth-order valence-electron chi connectivity index (χ4n) is 3.69. The van der Waals surface area contributed by atoms with E-state index in [1.807, 2.05) is 24.0 Å². The largest absolute Gasteiger partial charge is 0.493 e. The smallest absolute Gasteiger partial charge is 0.226 e. The first-order valence-electron chi connectivity index (χ1n) is 9.22. The van der Waals surface area contributed by atoms with Gasteiger partial charge in [-0.3, -0.25) is 4.79 Å². The summed E-state index contributed by atoms with van der Waals surface area (Å²) in [4.78, 5) is 17.7. The van der Waals surface area contributed by atoms with Gasteiger partial charge in [0.1, 0.15) is 5.75 Å². The number of thiophene rings is 2. The summed E-state index contributed by atoms with van der Waals surface area (Å²) in [5.74, 6) is 1.02. The lowest BCUT2D eigenvalue weighted by molar-refractivity contribution is -0.133. The predicted molar refractivity (Wildman–Crippen MR) is 112 cm³/mol. The zero-order valence-corrected chi connectivity index (χ0v) is 17.2. The number of rotatable bonds is 5. The fraction of sp³-hybridized carbons (Fsp3) is 0.318. The van der Waals surface area contributed by atoms with Gasteiger partial charge in [0.25, 0.3) is 0 Å². The monoisotopic (exact) mass is 397 g/mol. The summed E-state index contributed by atoms with van der Waals surface area (Å²) < 4.78 is 5.89. The van der Waals surface area contributed by atoms with Gasteiger partial charge in [0.05, 0.1) is 19.1 Å². The molecule has 1 atom stereocenters. The molecule has 0 bridgehead atoms. The molecular weight excluding hydrogens is 374 g/mol. The Morgan fingerprint density at radius 1 is 1.19 bits per heavy atom. The van der Waals surface area contributed by atoms with Gasteiger partial charge >= 0.3 is 0 Å². The lowest BCUT2D eigenvalue weighted by Gasteiger charge is -2.35. The third-order valence-electron chi connectivity index (χ3n) is 5.00. The Balaban J connectivity index is 1.46. The standard InChI is InChI=1S/C22H23NO2S2/c1-15-5-6-18(16(2)14-15)25-11-8-21(24)23-10-7-19-17(9-13-27-19)22(23)20-4-3-12-26-20/h3-6,9,12-14,22H,7-8,10-11H2,1-2H3. The molecule has 0 saturated carbocycles. The van der Waals surface area contributed by atoms with Crippen LogP contribution in [0.4, 0.5) is 0 Å². The van der Waals surface area contributed by atoms with E-state index < -0.39 is 0 Å². The van der Waals surface area contributed by atoms with E-state index in [-0.39, 0.29) is 11.9 Å². The number of ether oxygens (including phenoxy) is 1. The van der Waals surface area contributed by atoms with Gasteiger partial charge < -0.3 is 9.64 Å². The Kier molecular flexibility index (Phi) is 5.32. The number of carbonyl (C=O) groups is 1. The van der Waals surface area contributed by atoms with Crippen LogP contribution < -0.4 is 4.74 Å². The lowest BCUT2D eigenvalue weighted by Crippen LogP contribution is -2.40. The lowest BCUT2D eigenvalue weighted by atomic mass is 9.98. The molecule has 0 aliphatic carbocycles. The molecule has 3 nitrogen and oxygen atoms in total. The first kappa shape index (κ1) is 18.3. The Morgan fingerprint density at radius 2 is 2.07 bits per heavy atom. The van der Waals surface area contributed by atoms with Crippen LogP contribution in [0.1, 0.15) is 38.9 Å². The number of amides is 1. The summed E-state index contributed by atoms with van der Waals surface area (Å²) in [6, 6.07) is 12.6. The number of fused-ring (bicyclic) bond motifs is 1. The molecule has 3 heterocycles. The third kappa shape index (κ3) is 3.80. The maximum atomic E-state index is 13.0. The van der Waals surface area contributed by atoms with E-state index in [0.717, 1.165) is 24.3 Å². The summed E-state index contributed by atoms with van der Waals surface area (Å²) >= 11 is 3.52. The molecule has 1 aliphatic heterocycles. The fourth-order valence-corrected chi connectivity index (χ4v) is 5.45. The highest BCUT2D eigenvalue weighted by atomic mass is 32.1. The van der Waals surface area contributed by atoms with E-state index in [1.54, 1.807) is 22.7 Å². The van der Waals surface area contributed by atoms with Crippen LogP contribution in [0, 0.1) is 13.8 Å². The van der Waals surface area contributed by atoms with Gasteiger partial charge in [0.2, 0.25) is 5.91 Å². The molecule has 3 aromatic rings. The molecule has 1 amide bonds. The first-order chi connectivity index (χ1) is 13.1. The van der Waals surface area contributed by atoms with Gasteiger partial charge in [0, 0.05) is 16.3 Å². The number of carbonyl (C=O) groups excluding carboxylic acids is 1. The summed E-state index contributed by atoms with van der Waals surface area (Å²) in [6.07, 6.45) is 1.34. The summed E-state index contributed by atoms with van der Waals surface area (Å²) in [6.45, 7) is 5.30. The normalized spacial score (nSPS) is 16.2. The second-order valence-corrected chi connectivity index (χ2v) is 8.90. The minimum Gasteiger partial charge on any atom is -0.493 e. The molecule has 0 saturated heterocycles. The maximum Gasteiger partial charge on any atom is 0.226 e. The van der Waals surface area contributed by atoms with E-state index in [0.29, 0.717) is 13.0 Å². The van der Waals surface area contributed by atoms with Crippen LogP contribution >= 0.6 is 22.7 Å². The molecule has 0 spiro atoms. The first-order valence-corrected chi connectivity index (χ1v) is 11.0. The van der Waals surface area contributed by atoms with Crippen LogP contribution in [-0.4, -0.2) is 24.0 Å². The zero-order valence-electron chi connectivity index (χ0n) is 15.6. The molecule has 4 rings (SSSR count). The van der Waals surface area contributed by atoms with Crippen LogP contribution in [0.15, 0.2) is 47.2 Å². The van der Waals surface area contributed by atoms with Gasteiger partial charge in [-0.25, -0.2) is 0 Å². The third-order valence-corrected chi connectivity index (χ3v) is 6.92. The molecule has 140 valence electrons. The van der Waals surface area contributed by atoms with Crippen molar-refractivity contribution >= 4 is 28.6 Å². The van der Waals surface area contributed by atoms with Crippen LogP contribution in [0.25, 0.3) is 0 Å². The van der Waals surface area contributed by atoms with Crippen molar-refractivity contribution in [1.29, 1.82) is 0 Å². The molecule has 27 heavy (non-hydrogen) atoms. The molecule has 0 N–H and O–H groups in total. The maximum absolute atomic E-state index is 13.0. The van der Waals surface area contributed by atoms with Crippen LogP contribution in [0.3, 0.4) is 0 Å². The topological polar surface area (TPSA) is 29.5 Å². The second kappa shape index (κ2) is 7.87. The number of hydrogen-bond acceptors (Lipinski definition) is 4. The van der Waals surface area contributed by atoms with E-state index in [1.165, 1.54) is 20.9 Å². The van der Waals surface area contributed by atoms with Crippen molar-refractivity contribution in [2.75, 3.05) is 13.2 Å². The van der Waals surface area contributed by atoms with Crippen LogP contribution in [0.2, 0.25) is 0 Å². The summed E-state index contributed by atoms with van der Waals surface area (Å²) in [5, 5.41) is 4.23. The highest BCUT2D eigenvalue weighted by molar-refractivity contribution is 7.10. The second-order valence-electron chi connectivity index (χ2n) is 6.92. The van der Waals surface area contributed by atoms with Crippen molar-refractivity contribution in [2.24, 2.45) is 0 Å². The number of aryl methyl sites for hydroxylation is 2. The van der Waals surface area contributed by atoms with E-state index in [4.69, 9.17) is 4.74 Å². The molecular formula is C22H23NO2S2. The van der Waals surface area contributed by atoms with Crippen molar-refractivity contribution in [2.45, 2.75) is 32.7 Å². The molecule has 1 aromatic carbocycles. The van der Waals surface area contributed by atoms with Crippen molar-refractivity contribution in [3.63, 3.8) is 0 Å². The van der Waals surface area contributed by atoms with Crippen molar-refractivity contribution in [1.82, 2.24) is 4.90 Å². The minimum atomic E-state index is 0.0496. The van der Waals surface area contributed by atoms with Crippen LogP contribution in [0.5, 0.6) is 5.75 Å². The van der Waals surface area contributed by atoms with Crippen molar-refractivity contribution in [3.8, 4) is 5.75 Å². The Labute approximate surface area is 168 Å². The Bertz CT molecular complexity index is 930. The quantitative estimate of drug-likeness (QED) is 0.579. The molecule has 1 aliphatic rings. The SMILES string of the molecule is Cc1ccc(OCCC(=O)N2CCc3sccc3C2c2cccs2)c(C)c1. The highest BCUT2D eigenvalue weighted by Crippen LogP contribution is 2.39. The molecule has 1 unspecified atom stereocenters. The zero-order chi connectivity index (χ0) is 18.8. The average Bonchev–Trinajstić information content (AvgIpc) is 3.34. The summed E-state index contributed by atoms with van der Waals surface area (Å²) in [5.41, 5.74) is 3.62. The molecule has 5 heteroatoms. The van der Waals surface area contributed by atoms with Gasteiger partial charge in [-0.05, 0) is 60.4 Å². The number of hydrogen-bond donors (Lipinski definition) is 0. The molecule has 0 radical (unpaired) electrons. The van der Waals surface area contributed by atoms with Crippen LogP contribution in [-0.2, 0) is 11.2 Å². The van der Waals surface area contributed by atoms with Crippen molar-refractivity contribution in [3.05, 3.63) is 73.6 Å². The predicted octanol–water partition coefficient (Wildman–Crippen LogP) is 5.37. The van der Waals surface area contributed by atoms with Gasteiger partial charge in [-0.1, -0.05) is 23.8 Å². The molecule has 0 fully saturated rings. The highest BCUT2D eigenvalue weighted by Gasteiger charge is 2.33.